The van der Waals surface area contributed by atoms with Gasteiger partial charge in [-0.05, 0) is 11.3 Å². The SMILES string of the molecule is NC(=O)c1ncsc1[N+](=O)[O-]. The van der Waals surface area contributed by atoms with Crippen molar-refractivity contribution >= 4 is 22.2 Å². The highest BCUT2D eigenvalue weighted by atomic mass is 32.1. The molecule has 0 aliphatic rings. The van der Waals surface area contributed by atoms with E-state index in [1.165, 1.54) is 5.51 Å². The van der Waals surface area contributed by atoms with Gasteiger partial charge in [0.1, 0.15) is 0 Å². The molecule has 0 fully saturated rings. The summed E-state index contributed by atoms with van der Waals surface area (Å²) in [5.74, 6) is -0.877. The van der Waals surface area contributed by atoms with Crippen LogP contribution >= 0.6 is 11.3 Å². The second-order valence-corrected chi connectivity index (χ2v) is 2.46. The van der Waals surface area contributed by atoms with Crippen molar-refractivity contribution in [2.75, 3.05) is 0 Å². The highest BCUT2D eigenvalue weighted by Gasteiger charge is 2.21. The van der Waals surface area contributed by atoms with Crippen LogP contribution in [0.3, 0.4) is 0 Å². The number of thiazole rings is 1. The first-order valence-electron chi connectivity index (χ1n) is 2.50. The van der Waals surface area contributed by atoms with Crippen LogP contribution in [0.25, 0.3) is 0 Å². The summed E-state index contributed by atoms with van der Waals surface area (Å²) in [5, 5.41) is 9.85. The Bertz CT molecular complexity index is 279. The summed E-state index contributed by atoms with van der Waals surface area (Å²) in [6.45, 7) is 0. The van der Waals surface area contributed by atoms with Gasteiger partial charge >= 0.3 is 5.00 Å². The van der Waals surface area contributed by atoms with Gasteiger partial charge in [-0.3, -0.25) is 14.9 Å². The molecular weight excluding hydrogens is 170 g/mol. The molecule has 1 aromatic rings. The van der Waals surface area contributed by atoms with E-state index in [1.54, 1.807) is 0 Å². The maximum atomic E-state index is 10.4. The predicted molar refractivity (Wildman–Crippen MR) is 37.3 cm³/mol. The maximum Gasteiger partial charge on any atom is 0.356 e. The third-order valence-corrected chi connectivity index (χ3v) is 1.72. The Balaban J connectivity index is 3.16. The zero-order valence-corrected chi connectivity index (χ0v) is 6.00. The van der Waals surface area contributed by atoms with Crippen LogP contribution in [0, 0.1) is 10.1 Å². The molecule has 0 saturated heterocycles. The molecule has 1 amide bonds. The van der Waals surface area contributed by atoms with Crippen molar-refractivity contribution < 1.29 is 9.72 Å². The van der Waals surface area contributed by atoms with Crippen LogP contribution in [-0.2, 0) is 0 Å². The van der Waals surface area contributed by atoms with Crippen LogP contribution in [0.4, 0.5) is 5.00 Å². The lowest BCUT2D eigenvalue weighted by Gasteiger charge is -1.86. The molecule has 1 aromatic heterocycles. The molecule has 11 heavy (non-hydrogen) atoms. The molecule has 1 rings (SSSR count). The van der Waals surface area contributed by atoms with Gasteiger partial charge in [0.2, 0.25) is 5.69 Å². The Hall–Kier alpha value is -1.50. The van der Waals surface area contributed by atoms with Crippen LogP contribution in [0.2, 0.25) is 0 Å². The molecule has 0 aliphatic carbocycles. The fourth-order valence-corrected chi connectivity index (χ4v) is 1.15. The number of nitrogens with two attached hydrogens (primary N) is 1. The van der Waals surface area contributed by atoms with Gasteiger partial charge < -0.3 is 5.73 Å². The van der Waals surface area contributed by atoms with Gasteiger partial charge in [-0.1, -0.05) is 0 Å². The monoisotopic (exact) mass is 173 g/mol. The van der Waals surface area contributed by atoms with Crippen LogP contribution in [0.15, 0.2) is 5.51 Å². The first-order chi connectivity index (χ1) is 5.13. The van der Waals surface area contributed by atoms with Crippen LogP contribution in [-0.4, -0.2) is 15.8 Å². The van der Waals surface area contributed by atoms with Gasteiger partial charge in [0.05, 0.1) is 10.4 Å². The molecule has 0 aliphatic heterocycles. The number of nitro groups is 1. The normalized spacial score (nSPS) is 9.45. The van der Waals surface area contributed by atoms with Gasteiger partial charge in [0, 0.05) is 0 Å². The molecule has 2 N–H and O–H groups in total. The van der Waals surface area contributed by atoms with Crippen LogP contribution in [0.1, 0.15) is 10.5 Å². The molecule has 0 aromatic carbocycles. The van der Waals surface area contributed by atoms with E-state index in [2.05, 4.69) is 4.98 Å². The van der Waals surface area contributed by atoms with E-state index >= 15 is 0 Å². The summed E-state index contributed by atoms with van der Waals surface area (Å²) in [4.78, 5) is 23.4. The zero-order chi connectivity index (χ0) is 8.43. The molecule has 0 radical (unpaired) electrons. The number of nitrogens with zero attached hydrogens (tertiary/aromatic N) is 2. The number of aromatic nitrogens is 1. The van der Waals surface area contributed by atoms with E-state index in [1.807, 2.05) is 0 Å². The highest BCUT2D eigenvalue weighted by Crippen LogP contribution is 2.21. The Morgan fingerprint density at radius 3 is 2.82 bits per heavy atom. The summed E-state index contributed by atoms with van der Waals surface area (Å²) < 4.78 is 0. The predicted octanol–water partition coefficient (Wildman–Crippen LogP) is 0.150. The lowest BCUT2D eigenvalue weighted by atomic mass is 10.4. The number of hydrogen-bond donors (Lipinski definition) is 1. The number of primary amides is 1. The van der Waals surface area contributed by atoms with Crippen molar-refractivity contribution in [1.29, 1.82) is 0 Å². The van der Waals surface area contributed by atoms with Crippen molar-refractivity contribution in [1.82, 2.24) is 4.98 Å². The van der Waals surface area contributed by atoms with E-state index < -0.39 is 10.8 Å². The number of hydrogen-bond acceptors (Lipinski definition) is 5. The lowest BCUT2D eigenvalue weighted by Crippen LogP contribution is -2.12. The maximum absolute atomic E-state index is 10.4. The van der Waals surface area contributed by atoms with Gasteiger partial charge in [-0.2, -0.15) is 0 Å². The molecular formula is C4H3N3O3S. The van der Waals surface area contributed by atoms with E-state index in [9.17, 15) is 14.9 Å². The van der Waals surface area contributed by atoms with Crippen molar-refractivity contribution in [3.05, 3.63) is 21.3 Å². The Kier molecular flexibility index (Phi) is 1.81. The minimum Gasteiger partial charge on any atom is -0.364 e. The minimum atomic E-state index is -0.877. The van der Waals surface area contributed by atoms with Crippen molar-refractivity contribution in [3.63, 3.8) is 0 Å². The third-order valence-electron chi connectivity index (χ3n) is 0.948. The van der Waals surface area contributed by atoms with Crippen molar-refractivity contribution in [2.45, 2.75) is 0 Å². The topological polar surface area (TPSA) is 99.1 Å². The highest BCUT2D eigenvalue weighted by molar-refractivity contribution is 7.13. The molecule has 0 saturated carbocycles. The standard InChI is InChI=1S/C4H3N3O3S/c5-3(8)2-4(7(9)10)11-1-6-2/h1H,(H2,5,8). The van der Waals surface area contributed by atoms with Gasteiger partial charge in [-0.25, -0.2) is 4.98 Å². The smallest absolute Gasteiger partial charge is 0.356 e. The summed E-state index contributed by atoms with van der Waals surface area (Å²) in [6.07, 6.45) is 0. The fraction of sp³-hybridized carbons (Fsp3) is 0. The second kappa shape index (κ2) is 2.62. The molecule has 58 valence electrons. The Morgan fingerprint density at radius 2 is 2.45 bits per heavy atom. The number of carbonyl (C=O) groups is 1. The quantitative estimate of drug-likeness (QED) is 0.508. The lowest BCUT2D eigenvalue weighted by molar-refractivity contribution is -0.380. The molecule has 0 spiro atoms. The fourth-order valence-electron chi connectivity index (χ4n) is 0.539. The molecule has 1 heterocycles. The van der Waals surface area contributed by atoms with Crippen molar-refractivity contribution in [3.8, 4) is 0 Å². The van der Waals surface area contributed by atoms with Gasteiger partial charge in [0.25, 0.3) is 5.91 Å². The van der Waals surface area contributed by atoms with E-state index in [4.69, 9.17) is 5.73 Å². The average molecular weight is 173 g/mol. The minimum absolute atomic E-state index is 0.278. The summed E-state index contributed by atoms with van der Waals surface area (Å²) in [7, 11) is 0. The third kappa shape index (κ3) is 1.32. The molecule has 7 heteroatoms. The molecule has 6 nitrogen and oxygen atoms in total. The summed E-state index contributed by atoms with van der Waals surface area (Å²) in [6, 6.07) is 0. The number of carbonyl (C=O) groups excluding carboxylic acids is 1. The zero-order valence-electron chi connectivity index (χ0n) is 5.18. The largest absolute Gasteiger partial charge is 0.364 e. The molecule has 0 atom stereocenters. The van der Waals surface area contributed by atoms with E-state index in [0.29, 0.717) is 0 Å². The van der Waals surface area contributed by atoms with Crippen LogP contribution in [0.5, 0.6) is 0 Å². The number of amides is 1. The molecule has 0 unspecified atom stereocenters. The van der Waals surface area contributed by atoms with E-state index in [0.717, 1.165) is 11.3 Å². The average Bonchev–Trinajstić information content (AvgIpc) is 2.32. The first-order valence-corrected chi connectivity index (χ1v) is 3.38. The van der Waals surface area contributed by atoms with Crippen molar-refractivity contribution in [2.24, 2.45) is 5.73 Å². The Labute approximate surface area is 64.8 Å². The first kappa shape index (κ1) is 7.61. The summed E-state index contributed by atoms with van der Waals surface area (Å²) >= 11 is 0.775. The molecule has 0 bridgehead atoms. The van der Waals surface area contributed by atoms with Crippen LogP contribution < -0.4 is 5.73 Å². The Morgan fingerprint density at radius 1 is 1.82 bits per heavy atom. The second-order valence-electron chi connectivity index (χ2n) is 1.63. The summed E-state index contributed by atoms with van der Waals surface area (Å²) in [5.41, 5.74) is 5.73. The van der Waals surface area contributed by atoms with Gasteiger partial charge in [0.15, 0.2) is 0 Å². The number of rotatable bonds is 2. The van der Waals surface area contributed by atoms with E-state index in [-0.39, 0.29) is 10.7 Å². The van der Waals surface area contributed by atoms with Gasteiger partial charge in [-0.15, -0.1) is 0 Å².